The molecule has 6 heteroatoms. The molecule has 1 aliphatic heterocycles. The van der Waals surface area contributed by atoms with Gasteiger partial charge in [-0.05, 0) is 42.5 Å². The number of hydrogen-bond donors (Lipinski definition) is 0. The maximum atomic E-state index is 11.5. The van der Waals surface area contributed by atoms with Gasteiger partial charge in [-0.1, -0.05) is 24.3 Å². The maximum Gasteiger partial charge on any atom is 0.147 e. The highest BCUT2D eigenvalue weighted by molar-refractivity contribution is 7.90. The molecule has 1 fully saturated rings. The van der Waals surface area contributed by atoms with Gasteiger partial charge in [0.05, 0.1) is 12.3 Å². The highest BCUT2D eigenvalue weighted by Gasteiger charge is 2.23. The molecule has 1 atom stereocenters. The zero-order valence-electron chi connectivity index (χ0n) is 14.1. The summed E-state index contributed by atoms with van der Waals surface area (Å²) < 4.78 is 25.0. The summed E-state index contributed by atoms with van der Waals surface area (Å²) in [5.74, 6) is 0.573. The molecule has 0 spiro atoms. The third-order valence-corrected chi connectivity index (χ3v) is 5.52. The molecule has 0 saturated carbocycles. The van der Waals surface area contributed by atoms with E-state index >= 15 is 0 Å². The zero-order chi connectivity index (χ0) is 17.0. The molecule has 1 saturated heterocycles. The number of aromatic nitrogens is 2. The van der Waals surface area contributed by atoms with Crippen molar-refractivity contribution in [3.05, 3.63) is 53.9 Å². The van der Waals surface area contributed by atoms with Crippen molar-refractivity contribution in [2.75, 3.05) is 25.1 Å². The van der Waals surface area contributed by atoms with Gasteiger partial charge in [0.25, 0.3) is 0 Å². The molecule has 0 bridgehead atoms. The van der Waals surface area contributed by atoms with Crippen molar-refractivity contribution in [3.63, 3.8) is 0 Å². The molecule has 1 aromatic heterocycles. The van der Waals surface area contributed by atoms with Gasteiger partial charge in [0.15, 0.2) is 0 Å². The summed E-state index contributed by atoms with van der Waals surface area (Å²) in [4.78, 5) is 2.38. The number of likely N-dealkylation sites (tertiary alicyclic amines) is 1. The number of rotatable bonds is 6. The Labute approximate surface area is 144 Å². The van der Waals surface area contributed by atoms with Gasteiger partial charge < -0.3 is 0 Å². The quantitative estimate of drug-likeness (QED) is 0.804. The lowest BCUT2D eigenvalue weighted by Crippen LogP contribution is -2.37. The minimum Gasteiger partial charge on any atom is -0.299 e. The van der Waals surface area contributed by atoms with Gasteiger partial charge >= 0.3 is 0 Å². The third-order valence-electron chi connectivity index (χ3n) is 4.44. The minimum atomic E-state index is -2.89. The molecule has 1 unspecified atom stereocenters. The van der Waals surface area contributed by atoms with E-state index in [9.17, 15) is 8.42 Å². The first-order chi connectivity index (χ1) is 11.5. The Hall–Kier alpha value is -1.66. The molecule has 1 aromatic carbocycles. The maximum absolute atomic E-state index is 11.5. The zero-order valence-corrected chi connectivity index (χ0v) is 15.0. The van der Waals surface area contributed by atoms with E-state index in [2.05, 4.69) is 34.3 Å². The van der Waals surface area contributed by atoms with E-state index < -0.39 is 9.84 Å². The van der Waals surface area contributed by atoms with Gasteiger partial charge in [-0.15, -0.1) is 0 Å². The summed E-state index contributed by atoms with van der Waals surface area (Å²) in [5.41, 5.74) is 2.51. The largest absolute Gasteiger partial charge is 0.299 e. The van der Waals surface area contributed by atoms with Crippen LogP contribution < -0.4 is 0 Å². The predicted molar refractivity (Wildman–Crippen MR) is 95.5 cm³/mol. The molecule has 3 rings (SSSR count). The van der Waals surface area contributed by atoms with Gasteiger partial charge in [0.2, 0.25) is 0 Å². The van der Waals surface area contributed by atoms with Gasteiger partial charge in [-0.25, -0.2) is 8.42 Å². The summed E-state index contributed by atoms with van der Waals surface area (Å²) in [7, 11) is -2.89. The van der Waals surface area contributed by atoms with Gasteiger partial charge in [-0.2, -0.15) is 5.10 Å². The van der Waals surface area contributed by atoms with Crippen molar-refractivity contribution in [2.45, 2.75) is 25.9 Å². The topological polar surface area (TPSA) is 55.2 Å². The first-order valence-corrected chi connectivity index (χ1v) is 10.5. The van der Waals surface area contributed by atoms with Crippen LogP contribution in [-0.2, 0) is 22.9 Å². The van der Waals surface area contributed by atoms with E-state index in [1.165, 1.54) is 17.4 Å². The molecular formula is C18H25N3O2S. The SMILES string of the molecule is CS(=O)(=O)CC1CCCN(Cc2cccc(Cn3cccn3)c2)C1. The van der Waals surface area contributed by atoms with Crippen LogP contribution in [0.3, 0.4) is 0 Å². The van der Waals surface area contributed by atoms with Crippen LogP contribution in [0.15, 0.2) is 42.7 Å². The van der Waals surface area contributed by atoms with Crippen molar-refractivity contribution in [2.24, 2.45) is 5.92 Å². The van der Waals surface area contributed by atoms with Crippen molar-refractivity contribution < 1.29 is 8.42 Å². The van der Waals surface area contributed by atoms with Crippen molar-refractivity contribution in [1.82, 2.24) is 14.7 Å². The van der Waals surface area contributed by atoms with Gasteiger partial charge in [0, 0.05) is 31.7 Å². The Balaban J connectivity index is 1.61. The second-order valence-corrected chi connectivity index (χ2v) is 9.04. The van der Waals surface area contributed by atoms with Crippen LogP contribution in [0.5, 0.6) is 0 Å². The Morgan fingerprint density at radius 2 is 2.00 bits per heavy atom. The second kappa shape index (κ2) is 7.49. The first kappa shape index (κ1) is 17.2. The number of piperidine rings is 1. The Kier molecular flexibility index (Phi) is 5.36. The van der Waals surface area contributed by atoms with Crippen molar-refractivity contribution in [1.29, 1.82) is 0 Å². The highest BCUT2D eigenvalue weighted by Crippen LogP contribution is 2.20. The van der Waals surface area contributed by atoms with E-state index in [4.69, 9.17) is 0 Å². The van der Waals surface area contributed by atoms with Crippen LogP contribution >= 0.6 is 0 Å². The van der Waals surface area contributed by atoms with E-state index in [0.717, 1.165) is 39.0 Å². The molecule has 0 aliphatic carbocycles. The number of nitrogens with zero attached hydrogens (tertiary/aromatic N) is 3. The molecule has 0 radical (unpaired) electrons. The fourth-order valence-corrected chi connectivity index (χ4v) is 4.65. The summed E-state index contributed by atoms with van der Waals surface area (Å²) >= 11 is 0. The third kappa shape index (κ3) is 5.18. The summed E-state index contributed by atoms with van der Waals surface area (Å²) in [6, 6.07) is 10.5. The average molecular weight is 347 g/mol. The molecule has 2 heterocycles. The fraction of sp³-hybridized carbons (Fsp3) is 0.500. The predicted octanol–water partition coefficient (Wildman–Crippen LogP) is 2.19. The second-order valence-electron chi connectivity index (χ2n) is 6.86. The van der Waals surface area contributed by atoms with Crippen LogP contribution in [-0.4, -0.2) is 48.2 Å². The smallest absolute Gasteiger partial charge is 0.147 e. The molecule has 2 aromatic rings. The molecule has 0 N–H and O–H groups in total. The monoisotopic (exact) mass is 347 g/mol. The van der Waals surface area contributed by atoms with Crippen LogP contribution in [0.25, 0.3) is 0 Å². The Bertz CT molecular complexity index is 756. The molecule has 130 valence electrons. The van der Waals surface area contributed by atoms with Crippen LogP contribution in [0.2, 0.25) is 0 Å². The summed E-state index contributed by atoms with van der Waals surface area (Å²) in [6.45, 7) is 3.57. The minimum absolute atomic E-state index is 0.265. The van der Waals surface area contributed by atoms with Crippen molar-refractivity contribution in [3.8, 4) is 0 Å². The molecule has 24 heavy (non-hydrogen) atoms. The standard InChI is InChI=1S/C18H25N3O2S/c1-24(22,23)15-18-7-3-9-20(13-18)12-16-5-2-6-17(11-16)14-21-10-4-8-19-21/h2,4-6,8,10-11,18H,3,7,9,12-15H2,1H3. The Morgan fingerprint density at radius 3 is 2.71 bits per heavy atom. The molecule has 0 amide bonds. The van der Waals surface area contributed by atoms with Crippen LogP contribution in [0, 0.1) is 5.92 Å². The van der Waals surface area contributed by atoms with E-state index in [0.29, 0.717) is 5.75 Å². The molecule has 5 nitrogen and oxygen atoms in total. The molecular weight excluding hydrogens is 322 g/mol. The average Bonchev–Trinajstić information content (AvgIpc) is 2.99. The first-order valence-electron chi connectivity index (χ1n) is 8.43. The van der Waals surface area contributed by atoms with Crippen molar-refractivity contribution >= 4 is 9.84 Å². The lowest BCUT2D eigenvalue weighted by molar-refractivity contribution is 0.178. The van der Waals surface area contributed by atoms with E-state index in [1.54, 1.807) is 6.20 Å². The van der Waals surface area contributed by atoms with Crippen LogP contribution in [0.4, 0.5) is 0 Å². The number of benzene rings is 1. The van der Waals surface area contributed by atoms with Crippen LogP contribution in [0.1, 0.15) is 24.0 Å². The van der Waals surface area contributed by atoms with Gasteiger partial charge in [-0.3, -0.25) is 9.58 Å². The normalized spacial score (nSPS) is 19.5. The van der Waals surface area contributed by atoms with Gasteiger partial charge in [0.1, 0.15) is 9.84 Å². The summed E-state index contributed by atoms with van der Waals surface area (Å²) in [6.07, 6.45) is 7.19. The lowest BCUT2D eigenvalue weighted by Gasteiger charge is -2.32. The Morgan fingerprint density at radius 1 is 1.21 bits per heavy atom. The lowest BCUT2D eigenvalue weighted by atomic mass is 9.99. The number of sulfone groups is 1. The number of hydrogen-bond acceptors (Lipinski definition) is 4. The van der Waals surface area contributed by atoms with E-state index in [-0.39, 0.29) is 5.92 Å². The molecule has 1 aliphatic rings. The van der Waals surface area contributed by atoms with E-state index in [1.807, 2.05) is 16.9 Å². The summed E-state index contributed by atoms with van der Waals surface area (Å²) in [5, 5.41) is 4.25. The highest BCUT2D eigenvalue weighted by atomic mass is 32.2. The fourth-order valence-electron chi connectivity index (χ4n) is 3.52.